The van der Waals surface area contributed by atoms with Crippen LogP contribution < -0.4 is 4.74 Å². The SMILES string of the molecule is CN(CCO)C[C@H]1C[C@@H]2c3ccccc3Oc3ccc(F)cc3[C@H]2N1S(=O)(=O)c1ccccc1[N+](=O)[O-]. The number of aliphatic hydroxyl groups excluding tert-OH is 1. The summed E-state index contributed by atoms with van der Waals surface area (Å²) in [6, 6.07) is 15.1. The van der Waals surface area contributed by atoms with Gasteiger partial charge in [0.2, 0.25) is 0 Å². The Hall–Kier alpha value is -3.38. The lowest BCUT2D eigenvalue weighted by atomic mass is 9.87. The fourth-order valence-electron chi connectivity index (χ4n) is 5.49. The van der Waals surface area contributed by atoms with Gasteiger partial charge in [0, 0.05) is 36.7 Å². The molecule has 1 N–H and O–H groups in total. The van der Waals surface area contributed by atoms with Crippen LogP contribution in [-0.2, 0) is 10.0 Å². The van der Waals surface area contributed by atoms with Crippen LogP contribution in [0.2, 0.25) is 0 Å². The van der Waals surface area contributed by atoms with E-state index in [0.717, 1.165) is 11.6 Å². The largest absolute Gasteiger partial charge is 0.457 e. The number of sulfonamides is 1. The number of para-hydroxylation sites is 2. The number of hydrogen-bond acceptors (Lipinski definition) is 7. The van der Waals surface area contributed by atoms with E-state index in [2.05, 4.69) is 0 Å². The molecule has 2 aliphatic heterocycles. The third-order valence-corrected chi connectivity index (χ3v) is 8.97. The Balaban J connectivity index is 1.74. The zero-order chi connectivity index (χ0) is 26.3. The standard InChI is InChI=1S/C26H26FN3O6S/c1-28(12-13-31)16-18-15-20-19-6-2-4-8-23(19)36-24-11-10-17(27)14-21(24)26(20)29(18)37(34,35)25-9-5-3-7-22(25)30(32)33/h2-11,14,18,20,26,31H,12-13,15-16H2,1H3/t18-,20-,26+/m1/s1. The lowest BCUT2D eigenvalue weighted by Gasteiger charge is -2.32. The van der Waals surface area contributed by atoms with Gasteiger partial charge in [-0.05, 0) is 49.4 Å². The van der Waals surface area contributed by atoms with Crippen molar-refractivity contribution in [1.82, 2.24) is 9.21 Å². The molecule has 0 spiro atoms. The third kappa shape index (κ3) is 4.48. The Bertz CT molecular complexity index is 1450. The van der Waals surface area contributed by atoms with Gasteiger partial charge in [-0.15, -0.1) is 0 Å². The summed E-state index contributed by atoms with van der Waals surface area (Å²) in [6.07, 6.45) is 0.372. The molecule has 194 valence electrons. The molecule has 3 aromatic carbocycles. The van der Waals surface area contributed by atoms with Crippen LogP contribution in [0.25, 0.3) is 0 Å². The molecule has 2 aliphatic rings. The molecule has 0 saturated carbocycles. The van der Waals surface area contributed by atoms with E-state index < -0.39 is 49.3 Å². The predicted molar refractivity (Wildman–Crippen MR) is 134 cm³/mol. The number of ether oxygens (including phenoxy) is 1. The number of fused-ring (bicyclic) bond motifs is 5. The van der Waals surface area contributed by atoms with Gasteiger partial charge in [-0.2, -0.15) is 4.31 Å². The molecule has 37 heavy (non-hydrogen) atoms. The summed E-state index contributed by atoms with van der Waals surface area (Å²) in [5.74, 6) is -0.0657. The van der Waals surface area contributed by atoms with Crippen LogP contribution in [0.3, 0.4) is 0 Å². The zero-order valence-corrected chi connectivity index (χ0v) is 20.8. The number of likely N-dealkylation sites (N-methyl/N-ethyl adjacent to an activating group) is 1. The molecule has 9 nitrogen and oxygen atoms in total. The highest BCUT2D eigenvalue weighted by molar-refractivity contribution is 7.89. The number of halogens is 1. The summed E-state index contributed by atoms with van der Waals surface area (Å²) in [5.41, 5.74) is 0.605. The molecule has 0 aromatic heterocycles. The first-order valence-corrected chi connectivity index (χ1v) is 13.3. The number of nitrogens with zero attached hydrogens (tertiary/aromatic N) is 3. The fraction of sp³-hybridized carbons (Fsp3) is 0.308. The van der Waals surface area contributed by atoms with Crippen molar-refractivity contribution in [3.63, 3.8) is 0 Å². The first kappa shape index (κ1) is 25.3. The van der Waals surface area contributed by atoms with Crippen LogP contribution in [0.15, 0.2) is 71.6 Å². The van der Waals surface area contributed by atoms with Crippen LogP contribution in [0, 0.1) is 15.9 Å². The highest BCUT2D eigenvalue weighted by Gasteiger charge is 2.52. The van der Waals surface area contributed by atoms with Gasteiger partial charge in [-0.3, -0.25) is 10.1 Å². The molecule has 0 bridgehead atoms. The number of rotatable bonds is 7. The van der Waals surface area contributed by atoms with Gasteiger partial charge in [0.1, 0.15) is 17.3 Å². The van der Waals surface area contributed by atoms with Gasteiger partial charge in [0.15, 0.2) is 4.90 Å². The van der Waals surface area contributed by atoms with Crippen molar-refractivity contribution < 1.29 is 27.6 Å². The normalized spacial score (nSPS) is 21.0. The van der Waals surface area contributed by atoms with Crippen molar-refractivity contribution in [2.75, 3.05) is 26.7 Å². The fourth-order valence-corrected chi connectivity index (χ4v) is 7.47. The van der Waals surface area contributed by atoms with E-state index in [4.69, 9.17) is 4.74 Å². The van der Waals surface area contributed by atoms with E-state index in [0.29, 0.717) is 30.0 Å². The molecular formula is C26H26FN3O6S. The third-order valence-electron chi connectivity index (χ3n) is 6.99. The minimum atomic E-state index is -4.44. The molecule has 11 heteroatoms. The van der Waals surface area contributed by atoms with E-state index in [1.807, 2.05) is 23.1 Å². The van der Waals surface area contributed by atoms with Gasteiger partial charge in [0.05, 0.1) is 17.6 Å². The second-order valence-electron chi connectivity index (χ2n) is 9.31. The van der Waals surface area contributed by atoms with Gasteiger partial charge in [-0.25, -0.2) is 12.8 Å². The summed E-state index contributed by atoms with van der Waals surface area (Å²) in [7, 11) is -2.68. The Morgan fingerprint density at radius 1 is 1.11 bits per heavy atom. The Morgan fingerprint density at radius 2 is 1.81 bits per heavy atom. The highest BCUT2D eigenvalue weighted by Crippen LogP contribution is 2.56. The molecule has 0 aliphatic carbocycles. The second kappa shape index (κ2) is 9.82. The van der Waals surface area contributed by atoms with Crippen molar-refractivity contribution in [1.29, 1.82) is 0 Å². The topological polar surface area (TPSA) is 113 Å². The summed E-state index contributed by atoms with van der Waals surface area (Å²) in [6.45, 7) is 0.467. The zero-order valence-electron chi connectivity index (χ0n) is 20.0. The van der Waals surface area contributed by atoms with Gasteiger partial charge in [0.25, 0.3) is 15.7 Å². The Morgan fingerprint density at radius 3 is 2.57 bits per heavy atom. The number of aliphatic hydroxyl groups is 1. The van der Waals surface area contributed by atoms with E-state index in [1.54, 1.807) is 13.1 Å². The molecule has 1 fully saturated rings. The quantitative estimate of drug-likeness (QED) is 0.364. The minimum absolute atomic E-state index is 0.113. The summed E-state index contributed by atoms with van der Waals surface area (Å²) in [5, 5.41) is 21.2. The maximum Gasteiger partial charge on any atom is 0.289 e. The molecule has 1 saturated heterocycles. The first-order valence-electron chi connectivity index (χ1n) is 11.8. The van der Waals surface area contributed by atoms with Crippen LogP contribution in [0.5, 0.6) is 11.5 Å². The van der Waals surface area contributed by atoms with Crippen LogP contribution in [0.4, 0.5) is 10.1 Å². The molecule has 0 amide bonds. The number of nitro groups is 1. The van der Waals surface area contributed by atoms with E-state index in [1.165, 1.54) is 40.7 Å². The molecule has 0 radical (unpaired) electrons. The van der Waals surface area contributed by atoms with Gasteiger partial charge >= 0.3 is 0 Å². The molecule has 3 aromatic rings. The van der Waals surface area contributed by atoms with Crippen LogP contribution in [0.1, 0.15) is 29.5 Å². The smallest absolute Gasteiger partial charge is 0.289 e. The van der Waals surface area contributed by atoms with E-state index in [9.17, 15) is 28.0 Å². The maximum atomic E-state index is 14.6. The minimum Gasteiger partial charge on any atom is -0.457 e. The van der Waals surface area contributed by atoms with Crippen molar-refractivity contribution in [2.45, 2.75) is 29.3 Å². The second-order valence-corrected chi connectivity index (χ2v) is 11.1. The van der Waals surface area contributed by atoms with Crippen molar-refractivity contribution in [2.24, 2.45) is 0 Å². The Kier molecular flexibility index (Phi) is 6.71. The van der Waals surface area contributed by atoms with Crippen LogP contribution in [-0.4, -0.2) is 60.4 Å². The average molecular weight is 528 g/mol. The monoisotopic (exact) mass is 527 g/mol. The van der Waals surface area contributed by atoms with Crippen molar-refractivity contribution >= 4 is 15.7 Å². The summed E-state index contributed by atoms with van der Waals surface area (Å²) >= 11 is 0. The lowest BCUT2D eigenvalue weighted by Crippen LogP contribution is -2.44. The predicted octanol–water partition coefficient (Wildman–Crippen LogP) is 4.05. The molecule has 5 rings (SSSR count). The maximum absolute atomic E-state index is 14.6. The summed E-state index contributed by atoms with van der Waals surface area (Å²) in [4.78, 5) is 12.5. The Labute approximate surface area is 213 Å². The van der Waals surface area contributed by atoms with Crippen molar-refractivity contribution in [3.8, 4) is 11.5 Å². The number of hydrogen-bond donors (Lipinski definition) is 1. The number of nitro benzene ring substituents is 1. The van der Waals surface area contributed by atoms with E-state index >= 15 is 0 Å². The van der Waals surface area contributed by atoms with Gasteiger partial charge in [-0.1, -0.05) is 30.3 Å². The number of benzene rings is 3. The average Bonchev–Trinajstić information content (AvgIpc) is 3.19. The van der Waals surface area contributed by atoms with Crippen molar-refractivity contribution in [3.05, 3.63) is 93.8 Å². The molecule has 3 atom stereocenters. The highest BCUT2D eigenvalue weighted by atomic mass is 32.2. The lowest BCUT2D eigenvalue weighted by molar-refractivity contribution is -0.387. The molecular weight excluding hydrogens is 501 g/mol. The van der Waals surface area contributed by atoms with Gasteiger partial charge < -0.3 is 14.7 Å². The first-order chi connectivity index (χ1) is 17.7. The van der Waals surface area contributed by atoms with E-state index in [-0.39, 0.29) is 13.2 Å². The summed E-state index contributed by atoms with van der Waals surface area (Å²) < 4.78 is 50.6. The van der Waals surface area contributed by atoms with Crippen LogP contribution >= 0.6 is 0 Å². The molecule has 2 heterocycles. The molecule has 0 unspecified atom stereocenters.